The van der Waals surface area contributed by atoms with Crippen molar-refractivity contribution in [2.45, 2.75) is 45.6 Å². The van der Waals surface area contributed by atoms with Gasteiger partial charge >= 0.3 is 0 Å². The zero-order valence-corrected chi connectivity index (χ0v) is 10.1. The van der Waals surface area contributed by atoms with Crippen molar-refractivity contribution < 1.29 is 9.90 Å². The summed E-state index contributed by atoms with van der Waals surface area (Å²) in [5, 5.41) is 9.91. The molecule has 2 heteroatoms. The van der Waals surface area contributed by atoms with Crippen LogP contribution in [-0.2, 0) is 4.79 Å². The van der Waals surface area contributed by atoms with Crippen LogP contribution in [0.3, 0.4) is 0 Å². The number of hydrogen-bond acceptors (Lipinski definition) is 2. The maximum atomic E-state index is 11.8. The average Bonchev–Trinajstić information content (AvgIpc) is 2.39. The summed E-state index contributed by atoms with van der Waals surface area (Å²) in [7, 11) is 0. The molecule has 2 aliphatic carbocycles. The zero-order valence-electron chi connectivity index (χ0n) is 10.1. The Morgan fingerprint density at radius 1 is 1.38 bits per heavy atom. The summed E-state index contributed by atoms with van der Waals surface area (Å²) in [6, 6.07) is 0. The molecule has 0 aliphatic heterocycles. The molecule has 2 nitrogen and oxygen atoms in total. The molecule has 16 heavy (non-hydrogen) atoms. The fourth-order valence-corrected chi connectivity index (χ4v) is 3.00. The van der Waals surface area contributed by atoms with E-state index in [1.165, 1.54) is 0 Å². The lowest BCUT2D eigenvalue weighted by Gasteiger charge is -2.16. The number of allylic oxidation sites excluding steroid dienone is 2. The highest BCUT2D eigenvalue weighted by molar-refractivity contribution is 5.99. The molecule has 0 fully saturated rings. The van der Waals surface area contributed by atoms with E-state index in [0.717, 1.165) is 36.0 Å². The maximum Gasteiger partial charge on any atom is 0.161 e. The van der Waals surface area contributed by atoms with Crippen molar-refractivity contribution in [2.75, 3.05) is 0 Å². The quantitative estimate of drug-likeness (QED) is 0.690. The molecule has 1 N–H and O–H groups in total. The smallest absolute Gasteiger partial charge is 0.161 e. The van der Waals surface area contributed by atoms with Gasteiger partial charge in [-0.25, -0.2) is 0 Å². The van der Waals surface area contributed by atoms with Gasteiger partial charge in [0.2, 0.25) is 0 Å². The van der Waals surface area contributed by atoms with Gasteiger partial charge in [0.05, 0.1) is 6.10 Å². The number of Topliss-reactive ketones (excluding diaryl/α,β-unsaturated/α-hetero) is 1. The van der Waals surface area contributed by atoms with Gasteiger partial charge in [0, 0.05) is 6.42 Å². The number of rotatable bonds is 1. The molecule has 0 bridgehead atoms. The van der Waals surface area contributed by atoms with Crippen molar-refractivity contribution in [2.24, 2.45) is 11.8 Å². The van der Waals surface area contributed by atoms with Gasteiger partial charge in [-0.2, -0.15) is 0 Å². The highest BCUT2D eigenvalue weighted by Gasteiger charge is 2.36. The van der Waals surface area contributed by atoms with Gasteiger partial charge in [-0.05, 0) is 49.2 Å². The Balaban J connectivity index is 2.33. The van der Waals surface area contributed by atoms with Gasteiger partial charge in [-0.3, -0.25) is 4.79 Å². The van der Waals surface area contributed by atoms with Crippen LogP contribution in [0.15, 0.2) is 23.3 Å². The number of aliphatic hydroxyl groups excluding tert-OH is 1. The summed E-state index contributed by atoms with van der Waals surface area (Å²) >= 11 is 0. The topological polar surface area (TPSA) is 37.3 Å². The van der Waals surface area contributed by atoms with Crippen molar-refractivity contribution in [3.8, 4) is 0 Å². The van der Waals surface area contributed by atoms with Crippen LogP contribution in [0.2, 0.25) is 0 Å². The molecular weight excluding hydrogens is 200 g/mol. The summed E-state index contributed by atoms with van der Waals surface area (Å²) < 4.78 is 0. The van der Waals surface area contributed by atoms with Crippen LogP contribution in [0.5, 0.6) is 0 Å². The van der Waals surface area contributed by atoms with E-state index in [1.807, 2.05) is 6.92 Å². The van der Waals surface area contributed by atoms with Crippen LogP contribution < -0.4 is 0 Å². The largest absolute Gasteiger partial charge is 0.388 e. The molecule has 0 saturated heterocycles. The Morgan fingerprint density at radius 3 is 2.69 bits per heavy atom. The van der Waals surface area contributed by atoms with Gasteiger partial charge in [-0.15, -0.1) is 0 Å². The predicted octanol–water partition coefficient (Wildman–Crippen LogP) is 2.63. The van der Waals surface area contributed by atoms with Crippen molar-refractivity contribution in [1.29, 1.82) is 0 Å². The van der Waals surface area contributed by atoms with Crippen LogP contribution in [-0.4, -0.2) is 17.0 Å². The van der Waals surface area contributed by atoms with E-state index in [9.17, 15) is 9.90 Å². The fourth-order valence-electron chi connectivity index (χ4n) is 3.00. The highest BCUT2D eigenvalue weighted by atomic mass is 16.3. The molecule has 0 aromatic rings. The van der Waals surface area contributed by atoms with Crippen LogP contribution in [0.25, 0.3) is 0 Å². The number of carbonyl (C=O) groups excluding carboxylic acids is 1. The third-order valence-electron chi connectivity index (χ3n) is 4.05. The van der Waals surface area contributed by atoms with Crippen molar-refractivity contribution >= 4 is 5.78 Å². The molecule has 0 saturated carbocycles. The Bertz CT molecular complexity index is 365. The zero-order chi connectivity index (χ0) is 11.9. The average molecular weight is 220 g/mol. The number of ketones is 1. The van der Waals surface area contributed by atoms with E-state index < -0.39 is 6.10 Å². The second kappa shape index (κ2) is 4.17. The van der Waals surface area contributed by atoms with E-state index >= 15 is 0 Å². The molecule has 0 spiro atoms. The summed E-state index contributed by atoms with van der Waals surface area (Å²) in [6.45, 7) is 8.17. The van der Waals surface area contributed by atoms with E-state index in [2.05, 4.69) is 13.5 Å². The first-order valence-electron chi connectivity index (χ1n) is 6.10. The van der Waals surface area contributed by atoms with Gasteiger partial charge in [-0.1, -0.05) is 19.1 Å². The first kappa shape index (κ1) is 11.6. The van der Waals surface area contributed by atoms with Gasteiger partial charge in [0.25, 0.3) is 0 Å². The molecular formula is C14H20O2. The molecule has 0 aromatic carbocycles. The fraction of sp³-hybridized carbons (Fsp3) is 0.643. The standard InChI is InChI=1S/C14H20O2/c1-8(2)10-5-4-9(3)14-11(6-10)12(15)7-13(14)16/h9-10,13,16H,1,4-7H2,2-3H3/t9-,10+,13?/m0/s1. The lowest BCUT2D eigenvalue weighted by molar-refractivity contribution is -0.116. The Kier molecular flexibility index (Phi) is 3.02. The molecule has 0 amide bonds. The van der Waals surface area contributed by atoms with Crippen LogP contribution >= 0.6 is 0 Å². The van der Waals surface area contributed by atoms with E-state index in [4.69, 9.17) is 0 Å². The number of aliphatic hydroxyl groups is 1. The second-order valence-corrected chi connectivity index (χ2v) is 5.30. The van der Waals surface area contributed by atoms with Crippen molar-refractivity contribution in [3.63, 3.8) is 0 Å². The molecule has 0 radical (unpaired) electrons. The second-order valence-electron chi connectivity index (χ2n) is 5.30. The van der Waals surface area contributed by atoms with Crippen LogP contribution in [0.1, 0.15) is 39.5 Å². The summed E-state index contributed by atoms with van der Waals surface area (Å²) in [5.41, 5.74) is 3.09. The monoisotopic (exact) mass is 220 g/mol. The number of carbonyl (C=O) groups is 1. The molecule has 2 rings (SSSR count). The third-order valence-corrected chi connectivity index (χ3v) is 4.05. The van der Waals surface area contributed by atoms with E-state index in [1.54, 1.807) is 0 Å². The SMILES string of the molecule is C=C(C)[C@@H]1CC[C@H](C)C2=C(C1)C(=O)CC2O. The van der Waals surface area contributed by atoms with E-state index in [0.29, 0.717) is 18.3 Å². The predicted molar refractivity (Wildman–Crippen MR) is 64.0 cm³/mol. The van der Waals surface area contributed by atoms with Gasteiger partial charge in [0.1, 0.15) is 0 Å². The van der Waals surface area contributed by atoms with Crippen molar-refractivity contribution in [3.05, 3.63) is 23.3 Å². The highest BCUT2D eigenvalue weighted by Crippen LogP contribution is 2.41. The Hall–Kier alpha value is -0.890. The molecule has 0 heterocycles. The minimum atomic E-state index is -0.513. The van der Waals surface area contributed by atoms with Crippen LogP contribution in [0, 0.1) is 11.8 Å². The first-order chi connectivity index (χ1) is 7.50. The molecule has 0 aromatic heterocycles. The molecule has 88 valence electrons. The van der Waals surface area contributed by atoms with Crippen molar-refractivity contribution in [1.82, 2.24) is 0 Å². The summed E-state index contributed by atoms with van der Waals surface area (Å²) in [6.07, 6.45) is 2.73. The Morgan fingerprint density at radius 2 is 2.06 bits per heavy atom. The van der Waals surface area contributed by atoms with Gasteiger partial charge < -0.3 is 5.11 Å². The summed E-state index contributed by atoms with van der Waals surface area (Å²) in [4.78, 5) is 11.8. The van der Waals surface area contributed by atoms with E-state index in [-0.39, 0.29) is 5.78 Å². The lowest BCUT2D eigenvalue weighted by atomic mass is 9.90. The van der Waals surface area contributed by atoms with Crippen LogP contribution in [0.4, 0.5) is 0 Å². The molecule has 2 aliphatic rings. The maximum absolute atomic E-state index is 11.8. The third kappa shape index (κ3) is 1.86. The van der Waals surface area contributed by atoms with Gasteiger partial charge in [0.15, 0.2) is 5.78 Å². The number of hydrogen-bond donors (Lipinski definition) is 1. The lowest BCUT2D eigenvalue weighted by Crippen LogP contribution is -2.12. The Labute approximate surface area is 97.0 Å². The molecule has 1 unspecified atom stereocenters. The first-order valence-corrected chi connectivity index (χ1v) is 6.10. The summed E-state index contributed by atoms with van der Waals surface area (Å²) in [5.74, 6) is 0.924. The minimum Gasteiger partial charge on any atom is -0.388 e. The minimum absolute atomic E-state index is 0.155. The normalized spacial score (nSPS) is 34.9. The molecule has 3 atom stereocenters.